The van der Waals surface area contributed by atoms with Crippen molar-refractivity contribution < 1.29 is 14.3 Å². The quantitative estimate of drug-likeness (QED) is 0.777. The van der Waals surface area contributed by atoms with Crippen LogP contribution in [0.25, 0.3) is 0 Å². The Balaban J connectivity index is 1.70. The number of nitrogens with one attached hydrogen (secondary N) is 1. The second kappa shape index (κ2) is 9.24. The molecule has 150 valence electrons. The predicted octanol–water partition coefficient (Wildman–Crippen LogP) is 4.33. The van der Waals surface area contributed by atoms with Gasteiger partial charge >= 0.3 is 0 Å². The van der Waals surface area contributed by atoms with Gasteiger partial charge in [0, 0.05) is 25.2 Å². The molecule has 0 bridgehead atoms. The molecule has 0 radical (unpaired) electrons. The normalized spacial score (nSPS) is 17.0. The third-order valence-corrected chi connectivity index (χ3v) is 5.71. The molecule has 3 rings (SSSR count). The van der Waals surface area contributed by atoms with Gasteiger partial charge in [0.25, 0.3) is 5.91 Å². The lowest BCUT2D eigenvalue weighted by Crippen LogP contribution is -2.48. The van der Waals surface area contributed by atoms with Crippen molar-refractivity contribution >= 4 is 5.91 Å². The fourth-order valence-corrected chi connectivity index (χ4v) is 3.80. The first-order valence-electron chi connectivity index (χ1n) is 10.2. The fraction of sp³-hybridized carbons (Fsp3) is 0.458. The minimum atomic E-state index is -0.492. The van der Waals surface area contributed by atoms with Gasteiger partial charge < -0.3 is 14.8 Å². The van der Waals surface area contributed by atoms with Crippen LogP contribution in [0.3, 0.4) is 0 Å². The predicted molar refractivity (Wildman–Crippen MR) is 112 cm³/mol. The maximum atomic E-state index is 12.9. The average molecular weight is 382 g/mol. The first-order valence-corrected chi connectivity index (χ1v) is 10.2. The standard InChI is InChI=1S/C24H31NO3/c1-4-21(28-22-16-18(2)10-11-19(22)3)23(26)25-17-24(12-14-27-15-13-24)20-8-6-5-7-9-20/h5-11,16,21H,4,12-15,17H2,1-3H3,(H,25,26)/t21-/m0/s1. The largest absolute Gasteiger partial charge is 0.480 e. The molecule has 28 heavy (non-hydrogen) atoms. The van der Waals surface area contributed by atoms with Gasteiger partial charge in [0.1, 0.15) is 5.75 Å². The number of carbonyl (C=O) groups excluding carboxylic acids is 1. The summed E-state index contributed by atoms with van der Waals surface area (Å²) in [5.74, 6) is 0.732. The lowest BCUT2D eigenvalue weighted by atomic mass is 9.74. The van der Waals surface area contributed by atoms with Gasteiger partial charge in [-0.3, -0.25) is 4.79 Å². The molecular weight excluding hydrogens is 350 g/mol. The summed E-state index contributed by atoms with van der Waals surface area (Å²) in [6, 6.07) is 16.5. The van der Waals surface area contributed by atoms with Crippen molar-refractivity contribution in [2.45, 2.75) is 51.6 Å². The van der Waals surface area contributed by atoms with Crippen molar-refractivity contribution in [2.75, 3.05) is 19.8 Å². The Morgan fingerprint density at radius 2 is 1.86 bits per heavy atom. The molecule has 1 aliphatic heterocycles. The van der Waals surface area contributed by atoms with Crippen LogP contribution in [0.15, 0.2) is 48.5 Å². The molecule has 1 atom stereocenters. The van der Waals surface area contributed by atoms with Gasteiger partial charge in [-0.15, -0.1) is 0 Å². The van der Waals surface area contributed by atoms with Crippen molar-refractivity contribution in [3.05, 3.63) is 65.2 Å². The topological polar surface area (TPSA) is 47.6 Å². The maximum Gasteiger partial charge on any atom is 0.261 e. The van der Waals surface area contributed by atoms with E-state index < -0.39 is 6.10 Å². The minimum absolute atomic E-state index is 0.0507. The molecule has 0 saturated carbocycles. The van der Waals surface area contributed by atoms with Crippen LogP contribution >= 0.6 is 0 Å². The summed E-state index contributed by atoms with van der Waals surface area (Å²) in [5.41, 5.74) is 3.36. The monoisotopic (exact) mass is 381 g/mol. The van der Waals surface area contributed by atoms with Crippen molar-refractivity contribution in [3.63, 3.8) is 0 Å². The number of rotatable bonds is 7. The Morgan fingerprint density at radius 1 is 1.14 bits per heavy atom. The highest BCUT2D eigenvalue weighted by Gasteiger charge is 2.35. The van der Waals surface area contributed by atoms with E-state index in [1.165, 1.54) is 5.56 Å². The summed E-state index contributed by atoms with van der Waals surface area (Å²) >= 11 is 0. The number of aryl methyl sites for hydroxylation is 2. The Morgan fingerprint density at radius 3 is 2.54 bits per heavy atom. The Hall–Kier alpha value is -2.33. The smallest absolute Gasteiger partial charge is 0.261 e. The summed E-state index contributed by atoms with van der Waals surface area (Å²) in [5, 5.41) is 3.18. The van der Waals surface area contributed by atoms with Crippen LogP contribution in [0.1, 0.15) is 42.9 Å². The number of carbonyl (C=O) groups is 1. The lowest BCUT2D eigenvalue weighted by molar-refractivity contribution is -0.128. The molecule has 1 fully saturated rings. The molecule has 0 spiro atoms. The highest BCUT2D eigenvalue weighted by molar-refractivity contribution is 5.81. The van der Waals surface area contributed by atoms with E-state index in [9.17, 15) is 4.79 Å². The second-order valence-electron chi connectivity index (χ2n) is 7.76. The lowest BCUT2D eigenvalue weighted by Gasteiger charge is -2.38. The van der Waals surface area contributed by atoms with Gasteiger partial charge in [-0.05, 0) is 55.9 Å². The second-order valence-corrected chi connectivity index (χ2v) is 7.76. The van der Waals surface area contributed by atoms with E-state index in [2.05, 4.69) is 35.6 Å². The molecule has 0 aromatic heterocycles. The molecule has 2 aromatic carbocycles. The van der Waals surface area contributed by atoms with E-state index in [1.807, 2.05) is 39.0 Å². The van der Waals surface area contributed by atoms with Crippen LogP contribution < -0.4 is 10.1 Å². The molecule has 1 amide bonds. The molecule has 1 heterocycles. The van der Waals surface area contributed by atoms with Crippen LogP contribution in [0, 0.1) is 13.8 Å². The SMILES string of the molecule is CC[C@H](Oc1cc(C)ccc1C)C(=O)NCC1(c2ccccc2)CCOCC1. The molecule has 2 aromatic rings. The summed E-state index contributed by atoms with van der Waals surface area (Å²) < 4.78 is 11.7. The van der Waals surface area contributed by atoms with Crippen LogP contribution in [-0.4, -0.2) is 31.8 Å². The molecule has 0 aliphatic carbocycles. The van der Waals surface area contributed by atoms with Gasteiger partial charge in [-0.2, -0.15) is 0 Å². The highest BCUT2D eigenvalue weighted by Crippen LogP contribution is 2.34. The first kappa shape index (κ1) is 20.4. The Kier molecular flexibility index (Phi) is 6.74. The third-order valence-electron chi connectivity index (χ3n) is 5.71. The first-order chi connectivity index (χ1) is 13.5. The highest BCUT2D eigenvalue weighted by atomic mass is 16.5. The van der Waals surface area contributed by atoms with Crippen LogP contribution in [-0.2, 0) is 14.9 Å². The Bertz CT molecular complexity index is 782. The minimum Gasteiger partial charge on any atom is -0.480 e. The zero-order chi connectivity index (χ0) is 20.0. The van der Waals surface area contributed by atoms with Crippen molar-refractivity contribution in [1.82, 2.24) is 5.32 Å². The number of hydrogen-bond acceptors (Lipinski definition) is 3. The number of ether oxygens (including phenoxy) is 2. The van der Waals surface area contributed by atoms with Gasteiger partial charge in [0.05, 0.1) is 0 Å². The molecule has 1 N–H and O–H groups in total. The fourth-order valence-electron chi connectivity index (χ4n) is 3.80. The van der Waals surface area contributed by atoms with Gasteiger partial charge in [-0.25, -0.2) is 0 Å². The number of hydrogen-bond donors (Lipinski definition) is 1. The van der Waals surface area contributed by atoms with Crippen LogP contribution in [0.4, 0.5) is 0 Å². The molecule has 0 unspecified atom stereocenters. The number of amides is 1. The summed E-state index contributed by atoms with van der Waals surface area (Å²) in [7, 11) is 0. The zero-order valence-corrected chi connectivity index (χ0v) is 17.2. The van der Waals surface area contributed by atoms with E-state index in [-0.39, 0.29) is 11.3 Å². The average Bonchev–Trinajstić information content (AvgIpc) is 2.74. The third kappa shape index (κ3) is 4.74. The van der Waals surface area contributed by atoms with Crippen molar-refractivity contribution in [2.24, 2.45) is 0 Å². The van der Waals surface area contributed by atoms with E-state index in [0.29, 0.717) is 13.0 Å². The molecule has 1 saturated heterocycles. The van der Waals surface area contributed by atoms with Crippen LogP contribution in [0.5, 0.6) is 5.75 Å². The molecule has 4 heteroatoms. The summed E-state index contributed by atoms with van der Waals surface area (Å²) in [6.45, 7) is 8.07. The maximum absolute atomic E-state index is 12.9. The van der Waals surface area contributed by atoms with E-state index in [4.69, 9.17) is 9.47 Å². The van der Waals surface area contributed by atoms with Gasteiger partial charge in [-0.1, -0.05) is 49.4 Å². The summed E-state index contributed by atoms with van der Waals surface area (Å²) in [6.07, 6.45) is 1.95. The molecule has 4 nitrogen and oxygen atoms in total. The van der Waals surface area contributed by atoms with Gasteiger partial charge in [0.2, 0.25) is 0 Å². The Labute approximate surface area is 168 Å². The molecule has 1 aliphatic rings. The van der Waals surface area contributed by atoms with E-state index >= 15 is 0 Å². The van der Waals surface area contributed by atoms with Crippen molar-refractivity contribution in [1.29, 1.82) is 0 Å². The number of benzene rings is 2. The zero-order valence-electron chi connectivity index (χ0n) is 17.2. The van der Waals surface area contributed by atoms with Crippen molar-refractivity contribution in [3.8, 4) is 5.75 Å². The summed E-state index contributed by atoms with van der Waals surface area (Å²) in [4.78, 5) is 12.9. The van der Waals surface area contributed by atoms with Crippen LogP contribution in [0.2, 0.25) is 0 Å². The van der Waals surface area contributed by atoms with E-state index in [1.54, 1.807) is 0 Å². The van der Waals surface area contributed by atoms with E-state index in [0.717, 1.165) is 42.9 Å². The van der Waals surface area contributed by atoms with Gasteiger partial charge in [0.15, 0.2) is 6.10 Å². The molecular formula is C24H31NO3.